The number of ether oxygens (including phenoxy) is 1. The van der Waals surface area contributed by atoms with Gasteiger partial charge in [-0.15, -0.1) is 0 Å². The first-order valence-corrected chi connectivity index (χ1v) is 6.61. The largest absolute Gasteiger partial charge is 0.397 e. The first-order valence-electron chi connectivity index (χ1n) is 6.61. The van der Waals surface area contributed by atoms with Crippen LogP contribution in [0, 0.1) is 5.82 Å². The molecule has 5 heteroatoms. The van der Waals surface area contributed by atoms with Gasteiger partial charge in [-0.25, -0.2) is 4.39 Å². The number of benzene rings is 1. The molecule has 1 saturated heterocycles. The standard InChI is InChI=1S/C14H19FN2O2/c15-10-4-6-12(16)13(9-10)17-14(18)7-5-11-3-1-2-8-19-11/h4,6,9,11H,1-3,5,7-8,16H2,(H,17,18). The van der Waals surface area contributed by atoms with Crippen LogP contribution in [0.25, 0.3) is 0 Å². The fourth-order valence-corrected chi connectivity index (χ4v) is 2.18. The number of rotatable bonds is 4. The van der Waals surface area contributed by atoms with E-state index in [2.05, 4.69) is 5.32 Å². The number of anilines is 2. The van der Waals surface area contributed by atoms with E-state index < -0.39 is 5.82 Å². The molecule has 0 spiro atoms. The predicted octanol–water partition coefficient (Wildman–Crippen LogP) is 2.70. The van der Waals surface area contributed by atoms with Crippen molar-refractivity contribution >= 4 is 17.3 Å². The highest BCUT2D eigenvalue weighted by molar-refractivity contribution is 5.93. The molecule has 0 saturated carbocycles. The van der Waals surface area contributed by atoms with Crippen LogP contribution in [0.1, 0.15) is 32.1 Å². The van der Waals surface area contributed by atoms with Crippen LogP contribution in [0.15, 0.2) is 18.2 Å². The molecule has 1 amide bonds. The van der Waals surface area contributed by atoms with Crippen molar-refractivity contribution in [2.45, 2.75) is 38.2 Å². The van der Waals surface area contributed by atoms with E-state index in [1.165, 1.54) is 18.2 Å². The zero-order valence-electron chi connectivity index (χ0n) is 10.8. The minimum Gasteiger partial charge on any atom is -0.397 e. The Balaban J connectivity index is 1.81. The van der Waals surface area contributed by atoms with Crippen LogP contribution in [0.5, 0.6) is 0 Å². The average molecular weight is 266 g/mol. The molecule has 0 aromatic heterocycles. The topological polar surface area (TPSA) is 64.3 Å². The van der Waals surface area contributed by atoms with E-state index in [1.54, 1.807) is 0 Å². The molecule has 1 unspecified atom stereocenters. The molecule has 1 heterocycles. The van der Waals surface area contributed by atoms with Gasteiger partial charge in [0.2, 0.25) is 5.91 Å². The smallest absolute Gasteiger partial charge is 0.224 e. The maximum Gasteiger partial charge on any atom is 0.224 e. The fourth-order valence-electron chi connectivity index (χ4n) is 2.18. The van der Waals surface area contributed by atoms with Gasteiger partial charge in [0.25, 0.3) is 0 Å². The summed E-state index contributed by atoms with van der Waals surface area (Å²) in [6, 6.07) is 3.93. The van der Waals surface area contributed by atoms with Crippen LogP contribution < -0.4 is 11.1 Å². The third-order valence-corrected chi connectivity index (χ3v) is 3.26. The zero-order chi connectivity index (χ0) is 13.7. The van der Waals surface area contributed by atoms with Crippen molar-refractivity contribution in [3.63, 3.8) is 0 Å². The Bertz CT molecular complexity index is 445. The Labute approximate surface area is 112 Å². The number of amides is 1. The fraction of sp³-hybridized carbons (Fsp3) is 0.500. The molecule has 1 aromatic rings. The van der Waals surface area contributed by atoms with Crippen LogP contribution in [0.2, 0.25) is 0 Å². The number of hydrogen-bond donors (Lipinski definition) is 2. The molecule has 0 bridgehead atoms. The van der Waals surface area contributed by atoms with Crippen LogP contribution in [-0.4, -0.2) is 18.6 Å². The Morgan fingerprint density at radius 1 is 1.47 bits per heavy atom. The molecule has 2 rings (SSSR count). The Morgan fingerprint density at radius 2 is 2.32 bits per heavy atom. The molecular weight excluding hydrogens is 247 g/mol. The highest BCUT2D eigenvalue weighted by Gasteiger charge is 2.15. The molecule has 19 heavy (non-hydrogen) atoms. The lowest BCUT2D eigenvalue weighted by Gasteiger charge is -2.22. The van der Waals surface area contributed by atoms with Crippen molar-refractivity contribution in [1.29, 1.82) is 0 Å². The van der Waals surface area contributed by atoms with E-state index in [-0.39, 0.29) is 12.0 Å². The molecule has 4 nitrogen and oxygen atoms in total. The summed E-state index contributed by atoms with van der Waals surface area (Å²) in [4.78, 5) is 11.8. The predicted molar refractivity (Wildman–Crippen MR) is 72.3 cm³/mol. The minimum absolute atomic E-state index is 0.161. The molecule has 104 valence electrons. The number of nitrogens with two attached hydrogens (primary N) is 1. The van der Waals surface area contributed by atoms with E-state index in [9.17, 15) is 9.18 Å². The average Bonchev–Trinajstić information content (AvgIpc) is 2.42. The maximum atomic E-state index is 13.0. The second kappa shape index (κ2) is 6.52. The summed E-state index contributed by atoms with van der Waals surface area (Å²) in [6.07, 6.45) is 4.49. The maximum absolute atomic E-state index is 13.0. The summed E-state index contributed by atoms with van der Waals surface area (Å²) in [6.45, 7) is 0.781. The van der Waals surface area contributed by atoms with Crippen molar-refractivity contribution in [2.24, 2.45) is 0 Å². The van der Waals surface area contributed by atoms with E-state index in [0.717, 1.165) is 25.9 Å². The minimum atomic E-state index is -0.417. The van der Waals surface area contributed by atoms with Crippen molar-refractivity contribution in [3.05, 3.63) is 24.0 Å². The number of nitrogens with one attached hydrogen (secondary N) is 1. The number of carbonyl (C=O) groups excluding carboxylic acids is 1. The molecule has 1 atom stereocenters. The molecule has 3 N–H and O–H groups in total. The SMILES string of the molecule is Nc1ccc(F)cc1NC(=O)CCC1CCCCO1. The lowest BCUT2D eigenvalue weighted by atomic mass is 10.0. The monoisotopic (exact) mass is 266 g/mol. The van der Waals surface area contributed by atoms with Crippen molar-refractivity contribution in [1.82, 2.24) is 0 Å². The Morgan fingerprint density at radius 3 is 3.05 bits per heavy atom. The molecule has 1 fully saturated rings. The van der Waals surface area contributed by atoms with Gasteiger partial charge < -0.3 is 15.8 Å². The summed E-state index contributed by atoms with van der Waals surface area (Å²) in [5.74, 6) is -0.577. The first-order chi connectivity index (χ1) is 9.15. The molecule has 1 aliphatic rings. The number of halogens is 1. The Hall–Kier alpha value is -1.62. The number of hydrogen-bond acceptors (Lipinski definition) is 3. The molecular formula is C14H19FN2O2. The van der Waals surface area contributed by atoms with Gasteiger partial charge in [-0.3, -0.25) is 4.79 Å². The third-order valence-electron chi connectivity index (χ3n) is 3.26. The second-order valence-electron chi connectivity index (χ2n) is 4.81. The van der Waals surface area contributed by atoms with Crippen LogP contribution in [0.3, 0.4) is 0 Å². The van der Waals surface area contributed by atoms with Crippen molar-refractivity contribution in [3.8, 4) is 0 Å². The van der Waals surface area contributed by atoms with Gasteiger partial charge in [0.05, 0.1) is 17.5 Å². The van der Waals surface area contributed by atoms with Gasteiger partial charge in [-0.1, -0.05) is 0 Å². The van der Waals surface area contributed by atoms with Crippen LogP contribution >= 0.6 is 0 Å². The van der Waals surface area contributed by atoms with Crippen LogP contribution in [0.4, 0.5) is 15.8 Å². The van der Waals surface area contributed by atoms with E-state index in [4.69, 9.17) is 10.5 Å². The number of carbonyl (C=O) groups is 1. The summed E-state index contributed by atoms with van der Waals surface area (Å²) in [5, 5.41) is 2.63. The summed E-state index contributed by atoms with van der Waals surface area (Å²) < 4.78 is 18.6. The first kappa shape index (κ1) is 13.8. The van der Waals surface area contributed by atoms with Gasteiger partial charge in [-0.05, 0) is 43.9 Å². The Kier molecular flexibility index (Phi) is 4.74. The van der Waals surface area contributed by atoms with Crippen LogP contribution in [-0.2, 0) is 9.53 Å². The summed E-state index contributed by atoms with van der Waals surface area (Å²) in [5.41, 5.74) is 6.36. The van der Waals surface area contributed by atoms with E-state index in [1.807, 2.05) is 0 Å². The summed E-state index contributed by atoms with van der Waals surface area (Å²) >= 11 is 0. The number of nitrogen functional groups attached to an aromatic ring is 1. The van der Waals surface area contributed by atoms with E-state index >= 15 is 0 Å². The highest BCUT2D eigenvalue weighted by atomic mass is 19.1. The molecule has 1 aromatic carbocycles. The lowest BCUT2D eigenvalue weighted by Crippen LogP contribution is -2.22. The van der Waals surface area contributed by atoms with Gasteiger partial charge in [0.15, 0.2) is 0 Å². The van der Waals surface area contributed by atoms with Gasteiger partial charge >= 0.3 is 0 Å². The zero-order valence-corrected chi connectivity index (χ0v) is 10.8. The normalized spacial score (nSPS) is 19.1. The molecule has 0 aliphatic carbocycles. The molecule has 0 radical (unpaired) electrons. The quantitative estimate of drug-likeness (QED) is 0.823. The lowest BCUT2D eigenvalue weighted by molar-refractivity contribution is -0.117. The third kappa shape index (κ3) is 4.21. The van der Waals surface area contributed by atoms with E-state index in [0.29, 0.717) is 24.2 Å². The van der Waals surface area contributed by atoms with Crippen molar-refractivity contribution < 1.29 is 13.9 Å². The van der Waals surface area contributed by atoms with Crippen molar-refractivity contribution in [2.75, 3.05) is 17.7 Å². The van der Waals surface area contributed by atoms with Gasteiger partial charge in [0.1, 0.15) is 5.82 Å². The highest BCUT2D eigenvalue weighted by Crippen LogP contribution is 2.21. The van der Waals surface area contributed by atoms with Gasteiger partial charge in [-0.2, -0.15) is 0 Å². The van der Waals surface area contributed by atoms with Gasteiger partial charge in [0, 0.05) is 13.0 Å². The second-order valence-corrected chi connectivity index (χ2v) is 4.81. The summed E-state index contributed by atoms with van der Waals surface area (Å²) in [7, 11) is 0. The molecule has 1 aliphatic heterocycles.